The van der Waals surface area contributed by atoms with Gasteiger partial charge in [0.25, 0.3) is 5.82 Å². The molecule has 1 saturated carbocycles. The first-order valence-corrected chi connectivity index (χ1v) is 12.1. The number of esters is 1. The van der Waals surface area contributed by atoms with Crippen molar-refractivity contribution in [3.63, 3.8) is 0 Å². The number of amides is 1. The molecule has 1 aliphatic rings. The Morgan fingerprint density at radius 2 is 1.68 bits per heavy atom. The fraction of sp³-hybridized carbons (Fsp3) is 0.393. The quantitative estimate of drug-likeness (QED) is 0.299. The first kappa shape index (κ1) is 23.7. The molecule has 0 radical (unpaired) electrons. The summed E-state index contributed by atoms with van der Waals surface area (Å²) in [5.41, 5.74) is 7.30. The molecular weight excluding hydrogens is 426 g/mol. The second-order valence-electron chi connectivity index (χ2n) is 9.21. The molecule has 34 heavy (non-hydrogen) atoms. The highest BCUT2D eigenvalue weighted by Crippen LogP contribution is 2.49. The summed E-state index contributed by atoms with van der Waals surface area (Å²) >= 11 is 0. The summed E-state index contributed by atoms with van der Waals surface area (Å²) in [5, 5.41) is 0. The molecule has 1 heterocycles. The Labute approximate surface area is 201 Å². The fourth-order valence-corrected chi connectivity index (χ4v) is 5.72. The molecular formula is C28H34N3O3+. The van der Waals surface area contributed by atoms with Crippen molar-refractivity contribution in [3.8, 4) is 0 Å². The molecule has 6 nitrogen and oxygen atoms in total. The Morgan fingerprint density at radius 1 is 1.06 bits per heavy atom. The van der Waals surface area contributed by atoms with Gasteiger partial charge in [0.1, 0.15) is 23.9 Å². The zero-order valence-corrected chi connectivity index (χ0v) is 20.0. The van der Waals surface area contributed by atoms with Crippen LogP contribution in [0.3, 0.4) is 0 Å². The van der Waals surface area contributed by atoms with E-state index in [2.05, 4.69) is 28.5 Å². The van der Waals surface area contributed by atoms with Gasteiger partial charge in [0.05, 0.1) is 13.2 Å². The highest BCUT2D eigenvalue weighted by Gasteiger charge is 2.51. The lowest BCUT2D eigenvalue weighted by molar-refractivity contribution is -0.703. The SMILES string of the molecule is CC(=O)OCCC[n+]1ccn([C@@H]2CC[C@H](C(C(N)=O)(c3ccccc3)c3ccccc3)C2)c1C. The fourth-order valence-electron chi connectivity index (χ4n) is 5.72. The van der Waals surface area contributed by atoms with Crippen LogP contribution in [-0.2, 0) is 26.3 Å². The molecule has 0 saturated heterocycles. The largest absolute Gasteiger partial charge is 0.466 e. The van der Waals surface area contributed by atoms with E-state index < -0.39 is 5.41 Å². The van der Waals surface area contributed by atoms with E-state index in [0.29, 0.717) is 12.6 Å². The standard InChI is InChI=1S/C28H33N3O3/c1-21-30(16-9-19-34-22(2)32)17-18-31(21)26-15-14-25(20-26)28(27(29)33,23-10-5-3-6-11-23)24-12-7-4-8-13-24/h3-8,10-13,17-18,25-26H,9,14-16,19-20H2,1-2H3,(H-,29,33)/p+1/t25-,26+/m0/s1. The van der Waals surface area contributed by atoms with Crippen molar-refractivity contribution in [2.45, 2.75) is 57.5 Å². The third-order valence-electron chi connectivity index (χ3n) is 7.30. The number of aromatic nitrogens is 2. The Bertz CT molecular complexity index is 1080. The van der Waals surface area contributed by atoms with E-state index in [1.165, 1.54) is 6.92 Å². The minimum atomic E-state index is -0.863. The summed E-state index contributed by atoms with van der Waals surface area (Å²) in [6.07, 6.45) is 7.77. The number of benzene rings is 2. The molecule has 3 aromatic rings. The Morgan fingerprint density at radius 3 is 2.24 bits per heavy atom. The minimum Gasteiger partial charge on any atom is -0.466 e. The van der Waals surface area contributed by atoms with Gasteiger partial charge >= 0.3 is 5.97 Å². The predicted molar refractivity (Wildman–Crippen MR) is 130 cm³/mol. The van der Waals surface area contributed by atoms with Crippen molar-refractivity contribution < 1.29 is 18.9 Å². The zero-order valence-electron chi connectivity index (χ0n) is 20.0. The summed E-state index contributed by atoms with van der Waals surface area (Å²) in [6.45, 7) is 4.77. The number of nitrogens with two attached hydrogens (primary N) is 1. The molecule has 0 aliphatic heterocycles. The maximum absolute atomic E-state index is 13.3. The Balaban J connectivity index is 1.60. The van der Waals surface area contributed by atoms with Crippen LogP contribution in [0.1, 0.15) is 55.6 Å². The van der Waals surface area contributed by atoms with Crippen molar-refractivity contribution in [1.29, 1.82) is 0 Å². The number of primary amides is 1. The van der Waals surface area contributed by atoms with E-state index in [-0.39, 0.29) is 17.8 Å². The number of hydrogen-bond donors (Lipinski definition) is 1. The maximum Gasteiger partial charge on any atom is 0.302 e. The van der Waals surface area contributed by atoms with Gasteiger partial charge in [-0.15, -0.1) is 0 Å². The summed E-state index contributed by atoms with van der Waals surface area (Å²) in [4.78, 5) is 24.3. The third kappa shape index (κ3) is 4.49. The summed E-state index contributed by atoms with van der Waals surface area (Å²) in [5.74, 6) is 0.725. The number of aryl methyl sites for hydroxylation is 1. The Hall–Kier alpha value is -3.41. The maximum atomic E-state index is 13.3. The normalized spacial score (nSPS) is 18.1. The second-order valence-corrected chi connectivity index (χ2v) is 9.21. The smallest absolute Gasteiger partial charge is 0.302 e. The van der Waals surface area contributed by atoms with Crippen LogP contribution >= 0.6 is 0 Å². The zero-order chi connectivity index (χ0) is 24.1. The first-order valence-electron chi connectivity index (χ1n) is 12.1. The van der Waals surface area contributed by atoms with Gasteiger partial charge in [-0.2, -0.15) is 0 Å². The average molecular weight is 461 g/mol. The van der Waals surface area contributed by atoms with Crippen LogP contribution in [0.2, 0.25) is 0 Å². The van der Waals surface area contributed by atoms with Crippen LogP contribution < -0.4 is 10.3 Å². The van der Waals surface area contributed by atoms with Gasteiger partial charge in [-0.25, -0.2) is 9.13 Å². The molecule has 0 unspecified atom stereocenters. The number of imidazole rings is 1. The van der Waals surface area contributed by atoms with Gasteiger partial charge in [0.15, 0.2) is 0 Å². The lowest BCUT2D eigenvalue weighted by Crippen LogP contribution is -2.47. The van der Waals surface area contributed by atoms with Crippen molar-refractivity contribution in [2.24, 2.45) is 11.7 Å². The summed E-state index contributed by atoms with van der Waals surface area (Å²) in [7, 11) is 0. The molecule has 2 aromatic carbocycles. The van der Waals surface area contributed by atoms with Crippen molar-refractivity contribution in [1.82, 2.24) is 4.57 Å². The molecule has 0 spiro atoms. The number of hydrogen-bond acceptors (Lipinski definition) is 3. The van der Waals surface area contributed by atoms with Gasteiger partial charge in [-0.3, -0.25) is 9.59 Å². The molecule has 6 heteroatoms. The molecule has 178 valence electrons. The van der Waals surface area contributed by atoms with E-state index >= 15 is 0 Å². The Kier molecular flexibility index (Phi) is 7.15. The van der Waals surface area contributed by atoms with Crippen LogP contribution in [-0.4, -0.2) is 23.1 Å². The average Bonchev–Trinajstić information content (AvgIpc) is 3.45. The van der Waals surface area contributed by atoms with Crippen LogP contribution in [0.4, 0.5) is 0 Å². The highest BCUT2D eigenvalue weighted by atomic mass is 16.5. The first-order chi connectivity index (χ1) is 16.4. The van der Waals surface area contributed by atoms with E-state index in [4.69, 9.17) is 10.5 Å². The van der Waals surface area contributed by atoms with E-state index in [9.17, 15) is 9.59 Å². The molecule has 1 fully saturated rings. The van der Waals surface area contributed by atoms with Crippen molar-refractivity contribution >= 4 is 11.9 Å². The molecule has 1 amide bonds. The van der Waals surface area contributed by atoms with Gasteiger partial charge in [0.2, 0.25) is 5.91 Å². The van der Waals surface area contributed by atoms with Gasteiger partial charge in [-0.05, 0) is 36.3 Å². The number of carbonyl (C=O) groups excluding carboxylic acids is 2. The number of rotatable bonds is 9. The molecule has 2 atom stereocenters. The van der Waals surface area contributed by atoms with Crippen LogP contribution in [0.25, 0.3) is 0 Å². The third-order valence-corrected chi connectivity index (χ3v) is 7.30. The molecule has 4 rings (SSSR count). The number of carbonyl (C=O) groups is 2. The monoisotopic (exact) mass is 460 g/mol. The molecule has 2 N–H and O–H groups in total. The lowest BCUT2D eigenvalue weighted by Gasteiger charge is -2.37. The van der Waals surface area contributed by atoms with Gasteiger partial charge in [0, 0.05) is 20.3 Å². The topological polar surface area (TPSA) is 78.2 Å². The van der Waals surface area contributed by atoms with E-state index in [1.807, 2.05) is 60.7 Å². The van der Waals surface area contributed by atoms with E-state index in [0.717, 1.165) is 49.2 Å². The second kappa shape index (κ2) is 10.2. The number of ether oxygens (including phenoxy) is 1. The number of nitrogens with zero attached hydrogens (tertiary/aromatic N) is 2. The van der Waals surface area contributed by atoms with E-state index in [1.54, 1.807) is 0 Å². The summed E-state index contributed by atoms with van der Waals surface area (Å²) in [6, 6.07) is 20.3. The van der Waals surface area contributed by atoms with Crippen LogP contribution in [0, 0.1) is 12.8 Å². The highest BCUT2D eigenvalue weighted by molar-refractivity contribution is 5.91. The van der Waals surface area contributed by atoms with Crippen molar-refractivity contribution in [2.75, 3.05) is 6.61 Å². The minimum absolute atomic E-state index is 0.0963. The predicted octanol–water partition coefficient (Wildman–Crippen LogP) is 3.85. The van der Waals surface area contributed by atoms with Crippen molar-refractivity contribution in [3.05, 3.63) is 90.0 Å². The molecule has 0 bridgehead atoms. The van der Waals surface area contributed by atoms with Crippen LogP contribution in [0.5, 0.6) is 0 Å². The van der Waals surface area contributed by atoms with Gasteiger partial charge < -0.3 is 10.5 Å². The summed E-state index contributed by atoms with van der Waals surface area (Å²) < 4.78 is 9.59. The molecule has 1 aliphatic carbocycles. The van der Waals surface area contributed by atoms with Gasteiger partial charge in [-0.1, -0.05) is 60.7 Å². The van der Waals surface area contributed by atoms with Crippen LogP contribution in [0.15, 0.2) is 73.1 Å². The molecule has 1 aromatic heterocycles. The lowest BCUT2D eigenvalue weighted by atomic mass is 9.64.